The molecule has 1 heterocycles. The van der Waals surface area contributed by atoms with Gasteiger partial charge in [0, 0.05) is 42.8 Å². The number of hydrogen-bond acceptors (Lipinski definition) is 7. The zero-order valence-corrected chi connectivity index (χ0v) is 25.1. The van der Waals surface area contributed by atoms with E-state index < -0.39 is 15.9 Å². The number of rotatable bonds is 14. The largest absolute Gasteiger partial charge is 0.493 e. The molecule has 0 radical (unpaired) electrons. The number of nitrogens with one attached hydrogen (secondary N) is 1. The normalized spacial score (nSPS) is 12.4. The molecular formula is C34H36N2O6S. The maximum Gasteiger partial charge on any atom is 0.206 e. The quantitative estimate of drug-likeness (QED) is 0.174. The first-order valence-corrected chi connectivity index (χ1v) is 15.5. The topological polar surface area (TPSA) is 101 Å². The van der Waals surface area contributed by atoms with E-state index in [0.717, 1.165) is 27.8 Å². The van der Waals surface area contributed by atoms with Crippen molar-refractivity contribution in [3.63, 3.8) is 0 Å². The molecule has 0 aliphatic heterocycles. The van der Waals surface area contributed by atoms with Crippen molar-refractivity contribution in [3.05, 3.63) is 114 Å². The lowest BCUT2D eigenvalue weighted by Crippen LogP contribution is -2.36. The number of aliphatic hydroxyl groups is 1. The van der Waals surface area contributed by atoms with E-state index in [2.05, 4.69) is 22.0 Å². The molecule has 0 unspecified atom stereocenters. The van der Waals surface area contributed by atoms with Gasteiger partial charge in [0.25, 0.3) is 0 Å². The fraction of sp³-hybridized carbons (Fsp3) is 0.235. The minimum Gasteiger partial charge on any atom is -0.493 e. The van der Waals surface area contributed by atoms with E-state index in [1.807, 2.05) is 60.8 Å². The van der Waals surface area contributed by atoms with Gasteiger partial charge >= 0.3 is 0 Å². The number of aromatic amines is 1. The molecule has 0 aliphatic rings. The van der Waals surface area contributed by atoms with Crippen LogP contribution in [0.15, 0.2) is 113 Å². The summed E-state index contributed by atoms with van der Waals surface area (Å²) in [6.07, 6.45) is 1.85. The Kier molecular flexibility index (Phi) is 9.66. The summed E-state index contributed by atoms with van der Waals surface area (Å²) >= 11 is 0. The Bertz CT molecular complexity index is 1740. The first-order chi connectivity index (χ1) is 20.9. The number of ether oxygens (including phenoxy) is 3. The number of hydrogen-bond donors (Lipinski definition) is 2. The molecule has 5 rings (SSSR count). The monoisotopic (exact) mass is 600 g/mol. The SMILES string of the molecule is COc1ccc(S(=O)(=O)c2ccc(CCN(Cc3ccccc3)C[C@H](O)COc3cccc4[nH]ccc34)cc2)cc1OC. The van der Waals surface area contributed by atoms with Crippen LogP contribution >= 0.6 is 0 Å². The van der Waals surface area contributed by atoms with Crippen LogP contribution in [0.2, 0.25) is 0 Å². The van der Waals surface area contributed by atoms with Gasteiger partial charge in [0.1, 0.15) is 18.5 Å². The van der Waals surface area contributed by atoms with E-state index in [4.69, 9.17) is 14.2 Å². The lowest BCUT2D eigenvalue weighted by molar-refractivity contribution is 0.0665. The van der Waals surface area contributed by atoms with Crippen molar-refractivity contribution >= 4 is 20.7 Å². The maximum absolute atomic E-state index is 13.3. The number of fused-ring (bicyclic) bond motifs is 1. The van der Waals surface area contributed by atoms with Crippen LogP contribution in [-0.4, -0.2) is 63.4 Å². The van der Waals surface area contributed by atoms with Crippen LogP contribution in [0, 0.1) is 0 Å². The van der Waals surface area contributed by atoms with Crippen LogP contribution < -0.4 is 14.2 Å². The molecule has 4 aromatic carbocycles. The summed E-state index contributed by atoms with van der Waals surface area (Å²) in [6.45, 7) is 1.92. The second-order valence-corrected chi connectivity index (χ2v) is 12.2. The zero-order valence-electron chi connectivity index (χ0n) is 24.3. The van der Waals surface area contributed by atoms with Gasteiger partial charge in [-0.2, -0.15) is 0 Å². The lowest BCUT2D eigenvalue weighted by Gasteiger charge is -2.25. The second-order valence-electron chi connectivity index (χ2n) is 10.3. The number of benzene rings is 4. The fourth-order valence-electron chi connectivity index (χ4n) is 5.04. The molecule has 0 fully saturated rings. The molecule has 9 heteroatoms. The molecule has 8 nitrogen and oxygen atoms in total. The number of nitrogens with zero attached hydrogens (tertiary/aromatic N) is 1. The predicted molar refractivity (Wildman–Crippen MR) is 167 cm³/mol. The first-order valence-electron chi connectivity index (χ1n) is 14.1. The molecule has 0 amide bonds. The summed E-state index contributed by atoms with van der Waals surface area (Å²) in [5, 5.41) is 11.9. The molecule has 0 bridgehead atoms. The summed E-state index contributed by atoms with van der Waals surface area (Å²) in [5.41, 5.74) is 3.12. The second kappa shape index (κ2) is 13.8. The van der Waals surface area contributed by atoms with Gasteiger partial charge in [0.05, 0.1) is 24.0 Å². The summed E-state index contributed by atoms with van der Waals surface area (Å²) in [5.74, 6) is 1.55. The maximum atomic E-state index is 13.3. The van der Waals surface area contributed by atoms with Gasteiger partial charge in [-0.05, 0) is 60.0 Å². The summed E-state index contributed by atoms with van der Waals surface area (Å²) in [6, 6.07) is 29.4. The third-order valence-corrected chi connectivity index (χ3v) is 9.09. The fourth-order valence-corrected chi connectivity index (χ4v) is 6.31. The van der Waals surface area contributed by atoms with Gasteiger partial charge < -0.3 is 24.3 Å². The molecule has 1 atom stereocenters. The van der Waals surface area contributed by atoms with E-state index >= 15 is 0 Å². The molecule has 5 aromatic rings. The highest BCUT2D eigenvalue weighted by atomic mass is 32.2. The number of sulfone groups is 1. The van der Waals surface area contributed by atoms with Gasteiger partial charge in [0.15, 0.2) is 11.5 Å². The van der Waals surface area contributed by atoms with Crippen molar-refractivity contribution in [2.75, 3.05) is 33.9 Å². The number of methoxy groups -OCH3 is 2. The van der Waals surface area contributed by atoms with Crippen molar-refractivity contribution in [1.29, 1.82) is 0 Å². The van der Waals surface area contributed by atoms with Crippen molar-refractivity contribution in [2.24, 2.45) is 0 Å². The average molecular weight is 601 g/mol. The van der Waals surface area contributed by atoms with Crippen LogP contribution in [0.3, 0.4) is 0 Å². The van der Waals surface area contributed by atoms with Crippen molar-refractivity contribution in [2.45, 2.75) is 28.9 Å². The van der Waals surface area contributed by atoms with E-state index in [1.54, 1.807) is 18.2 Å². The zero-order chi connectivity index (χ0) is 30.2. The molecular weight excluding hydrogens is 564 g/mol. The minimum atomic E-state index is -3.74. The van der Waals surface area contributed by atoms with E-state index in [9.17, 15) is 13.5 Å². The van der Waals surface area contributed by atoms with Crippen LogP contribution in [0.1, 0.15) is 11.1 Å². The highest BCUT2D eigenvalue weighted by molar-refractivity contribution is 7.91. The first kappa shape index (κ1) is 30.2. The van der Waals surface area contributed by atoms with Crippen LogP contribution in [0.5, 0.6) is 17.2 Å². The Morgan fingerprint density at radius 1 is 0.791 bits per heavy atom. The number of aromatic nitrogens is 1. The summed E-state index contributed by atoms with van der Waals surface area (Å²) in [7, 11) is -0.758. The summed E-state index contributed by atoms with van der Waals surface area (Å²) < 4.78 is 43.1. The highest BCUT2D eigenvalue weighted by Gasteiger charge is 2.20. The molecule has 1 aromatic heterocycles. The van der Waals surface area contributed by atoms with Crippen LogP contribution in [0.25, 0.3) is 10.9 Å². The van der Waals surface area contributed by atoms with E-state index in [1.165, 1.54) is 26.4 Å². The van der Waals surface area contributed by atoms with E-state index in [-0.39, 0.29) is 16.4 Å². The molecule has 0 saturated carbocycles. The molecule has 43 heavy (non-hydrogen) atoms. The molecule has 0 saturated heterocycles. The molecule has 0 aliphatic carbocycles. The van der Waals surface area contributed by atoms with Gasteiger partial charge in [-0.15, -0.1) is 0 Å². The van der Waals surface area contributed by atoms with Crippen molar-refractivity contribution < 1.29 is 27.7 Å². The Balaban J connectivity index is 1.24. The lowest BCUT2D eigenvalue weighted by atomic mass is 10.1. The van der Waals surface area contributed by atoms with Gasteiger partial charge in [-0.3, -0.25) is 4.90 Å². The molecule has 0 spiro atoms. The summed E-state index contributed by atoms with van der Waals surface area (Å²) in [4.78, 5) is 5.70. The van der Waals surface area contributed by atoms with Crippen LogP contribution in [-0.2, 0) is 22.8 Å². The highest BCUT2D eigenvalue weighted by Crippen LogP contribution is 2.32. The standard InChI is InChI=1S/C34H36N2O6S/c1-40-33-16-15-29(21-34(33)41-2)43(38,39)28-13-11-25(12-14-28)18-20-36(22-26-7-4-3-5-8-26)23-27(37)24-42-32-10-6-9-31-30(32)17-19-35-31/h3-17,19,21,27,35,37H,18,20,22-24H2,1-2H3/t27-/m0/s1. The Morgan fingerprint density at radius 3 is 2.28 bits per heavy atom. The Labute approximate surface area is 252 Å². The van der Waals surface area contributed by atoms with Gasteiger partial charge in [-0.1, -0.05) is 48.5 Å². The number of aliphatic hydroxyl groups excluding tert-OH is 1. The van der Waals surface area contributed by atoms with Crippen molar-refractivity contribution in [1.82, 2.24) is 9.88 Å². The molecule has 224 valence electrons. The Morgan fingerprint density at radius 2 is 1.53 bits per heavy atom. The van der Waals surface area contributed by atoms with Gasteiger partial charge in [0.2, 0.25) is 9.84 Å². The third kappa shape index (κ3) is 7.37. The number of H-pyrrole nitrogens is 1. The van der Waals surface area contributed by atoms with Crippen molar-refractivity contribution in [3.8, 4) is 17.2 Å². The average Bonchev–Trinajstić information content (AvgIpc) is 3.53. The minimum absolute atomic E-state index is 0.135. The third-order valence-electron chi connectivity index (χ3n) is 7.32. The smallest absolute Gasteiger partial charge is 0.206 e. The molecule has 2 N–H and O–H groups in total. The van der Waals surface area contributed by atoms with E-state index in [0.29, 0.717) is 37.6 Å². The predicted octanol–water partition coefficient (Wildman–Crippen LogP) is 5.50. The Hall–Kier alpha value is -4.31. The van der Waals surface area contributed by atoms with Gasteiger partial charge in [-0.25, -0.2) is 8.42 Å². The van der Waals surface area contributed by atoms with Crippen LogP contribution in [0.4, 0.5) is 0 Å².